The Morgan fingerprint density at radius 1 is 0.364 bits per heavy atom. The minimum Gasteiger partial charge on any atom is -0.313 e. The highest BCUT2D eigenvalue weighted by atomic mass is 15.1. The molecule has 2 aliphatic rings. The van der Waals surface area contributed by atoms with Crippen molar-refractivity contribution in [2.24, 2.45) is 5.92 Å². The third-order valence-corrected chi connectivity index (χ3v) is 15.8. The van der Waals surface area contributed by atoms with E-state index in [1.807, 2.05) is 0 Å². The summed E-state index contributed by atoms with van der Waals surface area (Å²) in [4.78, 5) is 4.80. The highest BCUT2D eigenvalue weighted by Gasteiger charge is 2.22. The summed E-state index contributed by atoms with van der Waals surface area (Å²) in [6.07, 6.45) is 17.7. The van der Waals surface area contributed by atoms with E-state index in [0.29, 0.717) is 11.8 Å². The average molecular weight is 989 g/mol. The Labute approximate surface area is 450 Å². The molecule has 2 aromatic heterocycles. The van der Waals surface area contributed by atoms with E-state index in [1.165, 1.54) is 66.0 Å². The van der Waals surface area contributed by atoms with Crippen molar-refractivity contribution in [3.63, 3.8) is 0 Å². The van der Waals surface area contributed by atoms with Crippen LogP contribution >= 0.6 is 0 Å². The topological polar surface area (TPSA) is 16.3 Å². The van der Waals surface area contributed by atoms with Crippen LogP contribution in [0.3, 0.4) is 0 Å². The van der Waals surface area contributed by atoms with Gasteiger partial charge in [-0.15, -0.1) is 0 Å². The maximum atomic E-state index is 2.47. The normalized spacial score (nSPS) is 15.2. The molecular formula is C73H56N4. The summed E-state index contributed by atoms with van der Waals surface area (Å²) in [5, 5.41) is 4.95. The second-order valence-electron chi connectivity index (χ2n) is 20.6. The van der Waals surface area contributed by atoms with E-state index >= 15 is 0 Å². The molecule has 368 valence electrons. The van der Waals surface area contributed by atoms with E-state index in [2.05, 4.69) is 311 Å². The van der Waals surface area contributed by atoms with Crippen molar-refractivity contribution in [1.82, 2.24) is 9.13 Å². The number of aromatic nitrogens is 2. The van der Waals surface area contributed by atoms with E-state index in [0.717, 1.165) is 63.8 Å². The van der Waals surface area contributed by atoms with Crippen molar-refractivity contribution < 1.29 is 0 Å². The number of benzene rings is 10. The number of nitrogens with zero attached hydrogens (tertiary/aromatic N) is 4. The second-order valence-corrected chi connectivity index (χ2v) is 20.6. The van der Waals surface area contributed by atoms with E-state index in [-0.39, 0.29) is 0 Å². The minimum atomic E-state index is 0.379. The van der Waals surface area contributed by atoms with Gasteiger partial charge in [-0.3, -0.25) is 0 Å². The Morgan fingerprint density at radius 3 is 1.32 bits per heavy atom. The summed E-state index contributed by atoms with van der Waals surface area (Å²) >= 11 is 0. The first-order valence-electron chi connectivity index (χ1n) is 27.0. The Hall–Kier alpha value is -9.64. The molecule has 2 aliphatic carbocycles. The van der Waals surface area contributed by atoms with Crippen molar-refractivity contribution in [2.45, 2.75) is 25.7 Å². The summed E-state index contributed by atoms with van der Waals surface area (Å²) in [5.74, 6) is 0.867. The highest BCUT2D eigenvalue weighted by molar-refractivity contribution is 6.12. The second kappa shape index (κ2) is 19.6. The molecule has 4 heteroatoms. The van der Waals surface area contributed by atoms with E-state index in [4.69, 9.17) is 0 Å². The molecule has 0 bridgehead atoms. The summed E-state index contributed by atoms with van der Waals surface area (Å²) in [6, 6.07) is 89.2. The Balaban J connectivity index is 0.836. The maximum absolute atomic E-state index is 2.47. The molecule has 0 saturated heterocycles. The predicted molar refractivity (Wildman–Crippen MR) is 327 cm³/mol. The zero-order valence-corrected chi connectivity index (χ0v) is 43.0. The van der Waals surface area contributed by atoms with Gasteiger partial charge in [0.25, 0.3) is 0 Å². The molecule has 77 heavy (non-hydrogen) atoms. The average Bonchev–Trinajstić information content (AvgIpc) is 4.13. The molecule has 4 nitrogen and oxygen atoms in total. The van der Waals surface area contributed by atoms with Gasteiger partial charge in [0.15, 0.2) is 0 Å². The minimum absolute atomic E-state index is 0.379. The van der Waals surface area contributed by atoms with Gasteiger partial charge >= 0.3 is 0 Å². The van der Waals surface area contributed by atoms with Gasteiger partial charge in [0, 0.05) is 73.0 Å². The quantitative estimate of drug-likeness (QED) is 0.128. The molecule has 2 heterocycles. The van der Waals surface area contributed by atoms with Crippen LogP contribution in [0.5, 0.6) is 0 Å². The Morgan fingerprint density at radius 2 is 0.805 bits per heavy atom. The fourth-order valence-electron chi connectivity index (χ4n) is 12.0. The molecule has 10 aromatic carbocycles. The van der Waals surface area contributed by atoms with E-state index in [9.17, 15) is 0 Å². The number of fused-ring (bicyclic) bond motifs is 6. The van der Waals surface area contributed by atoms with Gasteiger partial charge in [-0.2, -0.15) is 0 Å². The zero-order valence-electron chi connectivity index (χ0n) is 43.0. The number of hydrogen-bond donors (Lipinski definition) is 0. The molecule has 0 fully saturated rings. The van der Waals surface area contributed by atoms with Gasteiger partial charge in [0.05, 0.1) is 22.1 Å². The third-order valence-electron chi connectivity index (χ3n) is 15.8. The van der Waals surface area contributed by atoms with Gasteiger partial charge in [0.2, 0.25) is 0 Å². The van der Waals surface area contributed by atoms with Crippen LogP contribution in [0.1, 0.15) is 31.2 Å². The largest absolute Gasteiger partial charge is 0.313 e. The molecule has 0 aliphatic heterocycles. The molecular weight excluding hydrogens is 933 g/mol. The van der Waals surface area contributed by atoms with Gasteiger partial charge in [0.1, 0.15) is 0 Å². The van der Waals surface area contributed by atoms with Gasteiger partial charge < -0.3 is 18.9 Å². The van der Waals surface area contributed by atoms with Gasteiger partial charge in [-0.1, -0.05) is 177 Å². The van der Waals surface area contributed by atoms with Crippen LogP contribution in [0.15, 0.2) is 285 Å². The van der Waals surface area contributed by atoms with E-state index in [1.54, 1.807) is 0 Å². The SMILES string of the molecule is CC1C=CC=C(n2c3ccccc3c3cc(N(c4ccc(-c5ccccc5)cc4)c4ccc(-c5ccc(N(c6ccc(C7C=CC=CC7)cc6)c6ccc7c(c6)c6ccccc6n7-c6ccccc6)cc5)cc4)ccc32)C1. The lowest BCUT2D eigenvalue weighted by molar-refractivity contribution is 0.730. The number of hydrogen-bond acceptors (Lipinski definition) is 2. The molecule has 14 rings (SSSR count). The zero-order chi connectivity index (χ0) is 51.2. The third kappa shape index (κ3) is 8.45. The molecule has 12 aromatic rings. The summed E-state index contributed by atoms with van der Waals surface area (Å²) in [5.41, 5.74) is 20.0. The molecule has 2 unspecified atom stereocenters. The molecule has 0 N–H and O–H groups in total. The first kappa shape index (κ1) is 45.9. The highest BCUT2D eigenvalue weighted by Crippen LogP contribution is 2.44. The van der Waals surface area contributed by atoms with Crippen molar-refractivity contribution >= 4 is 83.4 Å². The van der Waals surface area contributed by atoms with Gasteiger partial charge in [-0.25, -0.2) is 0 Å². The van der Waals surface area contributed by atoms with Crippen LogP contribution in [0.25, 0.3) is 77.2 Å². The Kier molecular flexibility index (Phi) is 11.7. The van der Waals surface area contributed by atoms with E-state index < -0.39 is 0 Å². The fraction of sp³-hybridized carbons (Fsp3) is 0.0685. The summed E-state index contributed by atoms with van der Waals surface area (Å²) in [7, 11) is 0. The van der Waals surface area contributed by atoms with Crippen LogP contribution in [-0.2, 0) is 0 Å². The summed E-state index contributed by atoms with van der Waals surface area (Å²) < 4.78 is 4.86. The number of anilines is 6. The van der Waals surface area contributed by atoms with Crippen LogP contribution in [0, 0.1) is 5.92 Å². The molecule has 0 amide bonds. The molecule has 0 spiro atoms. The molecule has 0 saturated carbocycles. The lowest BCUT2D eigenvalue weighted by Gasteiger charge is -2.27. The van der Waals surface area contributed by atoms with Crippen molar-refractivity contribution in [3.8, 4) is 27.9 Å². The van der Waals surface area contributed by atoms with Crippen LogP contribution in [0.2, 0.25) is 0 Å². The number of allylic oxidation sites excluding steroid dienone is 8. The smallest absolute Gasteiger partial charge is 0.0542 e. The van der Waals surface area contributed by atoms with Crippen LogP contribution in [0.4, 0.5) is 34.1 Å². The van der Waals surface area contributed by atoms with Crippen molar-refractivity contribution in [2.75, 3.05) is 9.80 Å². The first-order chi connectivity index (χ1) is 38.1. The maximum Gasteiger partial charge on any atom is 0.0542 e. The van der Waals surface area contributed by atoms with Crippen LogP contribution < -0.4 is 9.80 Å². The first-order valence-corrected chi connectivity index (χ1v) is 27.0. The monoisotopic (exact) mass is 988 g/mol. The Bertz CT molecular complexity index is 4250. The van der Waals surface area contributed by atoms with Crippen LogP contribution in [-0.4, -0.2) is 9.13 Å². The lowest BCUT2D eigenvalue weighted by atomic mass is 9.92. The number of para-hydroxylation sites is 3. The predicted octanol–water partition coefficient (Wildman–Crippen LogP) is 20.2. The van der Waals surface area contributed by atoms with Crippen molar-refractivity contribution in [1.29, 1.82) is 0 Å². The van der Waals surface area contributed by atoms with Crippen molar-refractivity contribution in [3.05, 3.63) is 291 Å². The molecule has 2 atom stereocenters. The lowest BCUT2D eigenvalue weighted by Crippen LogP contribution is -2.10. The standard InChI is InChI=1S/C73H56N4/c1-51-16-15-23-63(48-51)77-71-27-14-12-25-67(71)69-50-65(45-47-73(69)77)75(60-38-30-55(31-39-60)53-19-7-3-8-20-53)62-42-34-57(35-43-62)56-32-40-61(41-33-56)74(59-36-28-54(29-37-59)52-17-5-2-6-18-52)64-44-46-72-68(49-64)66-24-11-13-26-70(66)76(72)58-21-9-4-10-22-58/h2-17,19-47,49-52H,18,48H2,1H3. The van der Waals surface area contributed by atoms with Gasteiger partial charge in [-0.05, 0) is 162 Å². The number of rotatable bonds is 11. The molecule has 0 radical (unpaired) electrons. The summed E-state index contributed by atoms with van der Waals surface area (Å²) in [6.45, 7) is 2.30. The fourth-order valence-corrected chi connectivity index (χ4v) is 12.0.